The SMILES string of the molecule is CC.CCCC(=O)Nc1cc2cn(C)nc2nc1OC.CCCc1c(N2CCNC(C)(C)C2)ccnc1C. The number of piperazine rings is 1. The second kappa shape index (κ2) is 14.7. The summed E-state index contributed by atoms with van der Waals surface area (Å²) in [5.74, 6) is 0.339. The van der Waals surface area contributed by atoms with Crippen LogP contribution >= 0.6 is 0 Å². The molecule has 1 saturated heterocycles. The lowest BCUT2D eigenvalue weighted by atomic mass is 9.99. The highest BCUT2D eigenvalue weighted by molar-refractivity contribution is 5.94. The molecule has 38 heavy (non-hydrogen) atoms. The minimum Gasteiger partial charge on any atom is -0.479 e. The molecule has 0 spiro atoms. The van der Waals surface area contributed by atoms with E-state index in [1.165, 1.54) is 30.5 Å². The van der Waals surface area contributed by atoms with E-state index in [9.17, 15) is 4.79 Å². The van der Waals surface area contributed by atoms with Crippen LogP contribution in [0.2, 0.25) is 0 Å². The molecule has 4 heterocycles. The van der Waals surface area contributed by atoms with Gasteiger partial charge in [0.2, 0.25) is 11.8 Å². The summed E-state index contributed by atoms with van der Waals surface area (Å²) in [6.45, 7) is 18.1. The molecular formula is C29H47N7O2. The fourth-order valence-corrected chi connectivity index (χ4v) is 4.53. The zero-order valence-electron chi connectivity index (χ0n) is 24.8. The summed E-state index contributed by atoms with van der Waals surface area (Å²) in [7, 11) is 3.34. The number of amides is 1. The molecular weight excluding hydrogens is 478 g/mol. The number of aromatic nitrogens is 4. The Hall–Kier alpha value is -3.20. The quantitative estimate of drug-likeness (QED) is 0.434. The number of anilines is 2. The Bertz CT molecular complexity index is 1170. The Labute approximate surface area is 228 Å². The van der Waals surface area contributed by atoms with Gasteiger partial charge in [-0.2, -0.15) is 10.1 Å². The van der Waals surface area contributed by atoms with Gasteiger partial charge < -0.3 is 20.3 Å². The van der Waals surface area contributed by atoms with Crippen LogP contribution in [0.3, 0.4) is 0 Å². The van der Waals surface area contributed by atoms with Crippen LogP contribution in [0.4, 0.5) is 11.4 Å². The van der Waals surface area contributed by atoms with E-state index < -0.39 is 0 Å². The monoisotopic (exact) mass is 525 g/mol. The zero-order valence-corrected chi connectivity index (χ0v) is 24.8. The molecule has 1 fully saturated rings. The largest absolute Gasteiger partial charge is 0.479 e. The molecule has 9 nitrogen and oxygen atoms in total. The normalized spacial score (nSPS) is 14.2. The molecule has 210 valence electrons. The van der Waals surface area contributed by atoms with Crippen LogP contribution in [0.15, 0.2) is 24.5 Å². The standard InChI is InChI=1S/C15H25N3.C12H16N4O2.C2H6/c1-5-6-13-12(2)16-8-7-14(13)18-10-9-17-15(3,4)11-18;1-4-5-10(17)13-9-6-8-7-16(2)15-11(8)14-12(9)18-3;1-2/h7-8,17H,5-6,9-11H2,1-4H3;6-7H,4-5H2,1-3H3,(H,13,17);1-2H3. The van der Waals surface area contributed by atoms with E-state index in [0.29, 0.717) is 23.6 Å². The van der Waals surface area contributed by atoms with Crippen LogP contribution in [0.5, 0.6) is 5.88 Å². The number of methoxy groups -OCH3 is 1. The molecule has 3 aromatic heterocycles. The number of aryl methyl sites for hydroxylation is 2. The zero-order chi connectivity index (χ0) is 28.3. The summed E-state index contributed by atoms with van der Waals surface area (Å²) >= 11 is 0. The average molecular weight is 526 g/mol. The van der Waals surface area contributed by atoms with Crippen molar-refractivity contribution in [3.05, 3.63) is 35.8 Å². The van der Waals surface area contributed by atoms with Gasteiger partial charge in [0.1, 0.15) is 5.69 Å². The Morgan fingerprint density at radius 1 is 1.24 bits per heavy atom. The molecule has 0 atom stereocenters. The summed E-state index contributed by atoms with van der Waals surface area (Å²) in [5.41, 5.74) is 5.38. The number of carbonyl (C=O) groups is 1. The lowest BCUT2D eigenvalue weighted by Crippen LogP contribution is -2.57. The lowest BCUT2D eigenvalue weighted by molar-refractivity contribution is -0.116. The van der Waals surface area contributed by atoms with E-state index in [0.717, 1.165) is 37.9 Å². The van der Waals surface area contributed by atoms with Crippen molar-refractivity contribution in [2.45, 2.75) is 79.7 Å². The first-order chi connectivity index (χ1) is 18.2. The van der Waals surface area contributed by atoms with Crippen LogP contribution in [-0.2, 0) is 18.3 Å². The number of ether oxygens (including phenoxy) is 1. The molecule has 0 radical (unpaired) electrons. The first kappa shape index (κ1) is 31.0. The summed E-state index contributed by atoms with van der Waals surface area (Å²) in [4.78, 5) is 22.8. The third-order valence-corrected chi connectivity index (χ3v) is 6.18. The average Bonchev–Trinajstić information content (AvgIpc) is 3.24. The van der Waals surface area contributed by atoms with Crippen LogP contribution in [0.25, 0.3) is 11.0 Å². The number of rotatable bonds is 7. The number of nitrogens with one attached hydrogen (secondary N) is 2. The molecule has 0 bridgehead atoms. The van der Waals surface area contributed by atoms with Gasteiger partial charge in [-0.1, -0.05) is 34.1 Å². The number of hydrogen-bond acceptors (Lipinski definition) is 7. The van der Waals surface area contributed by atoms with Crippen molar-refractivity contribution >= 4 is 28.3 Å². The Kier molecular flexibility index (Phi) is 12.0. The van der Waals surface area contributed by atoms with Gasteiger partial charge in [-0.25, -0.2) is 0 Å². The molecule has 0 aromatic carbocycles. The van der Waals surface area contributed by atoms with Crippen molar-refractivity contribution in [1.82, 2.24) is 25.1 Å². The van der Waals surface area contributed by atoms with Gasteiger partial charge in [-0.05, 0) is 51.3 Å². The van der Waals surface area contributed by atoms with E-state index in [4.69, 9.17) is 4.74 Å². The third-order valence-electron chi connectivity index (χ3n) is 6.18. The van der Waals surface area contributed by atoms with Crippen molar-refractivity contribution in [1.29, 1.82) is 0 Å². The molecule has 2 N–H and O–H groups in total. The van der Waals surface area contributed by atoms with Crippen LogP contribution in [-0.4, -0.2) is 57.9 Å². The molecule has 9 heteroatoms. The van der Waals surface area contributed by atoms with Crippen molar-refractivity contribution in [3.63, 3.8) is 0 Å². The number of fused-ring (bicyclic) bond motifs is 1. The predicted molar refractivity (Wildman–Crippen MR) is 157 cm³/mol. The van der Waals surface area contributed by atoms with Crippen molar-refractivity contribution in [2.24, 2.45) is 7.05 Å². The number of nitrogens with zero attached hydrogens (tertiary/aromatic N) is 5. The van der Waals surface area contributed by atoms with E-state index in [-0.39, 0.29) is 11.4 Å². The number of pyridine rings is 2. The molecule has 0 saturated carbocycles. The summed E-state index contributed by atoms with van der Waals surface area (Å²) in [6, 6.07) is 4.00. The topological polar surface area (TPSA) is 97.2 Å². The highest BCUT2D eigenvalue weighted by atomic mass is 16.5. The minimum atomic E-state index is -0.0409. The predicted octanol–water partition coefficient (Wildman–Crippen LogP) is 5.27. The van der Waals surface area contributed by atoms with E-state index in [1.807, 2.05) is 46.3 Å². The highest BCUT2D eigenvalue weighted by Gasteiger charge is 2.27. The van der Waals surface area contributed by atoms with Crippen molar-refractivity contribution < 1.29 is 9.53 Å². The van der Waals surface area contributed by atoms with Gasteiger partial charge in [0, 0.05) is 67.8 Å². The molecule has 1 aliphatic heterocycles. The smallest absolute Gasteiger partial charge is 0.239 e. The van der Waals surface area contributed by atoms with Crippen LogP contribution in [0, 0.1) is 6.92 Å². The Balaban J connectivity index is 0.000000251. The first-order valence-electron chi connectivity index (χ1n) is 13.8. The third kappa shape index (κ3) is 8.41. The molecule has 1 aliphatic rings. The Morgan fingerprint density at radius 3 is 2.61 bits per heavy atom. The maximum absolute atomic E-state index is 11.6. The summed E-state index contributed by atoms with van der Waals surface area (Å²) < 4.78 is 6.84. The molecule has 0 unspecified atom stereocenters. The van der Waals surface area contributed by atoms with Gasteiger partial charge in [0.25, 0.3) is 0 Å². The molecule has 3 aromatic rings. The summed E-state index contributed by atoms with van der Waals surface area (Å²) in [6.07, 6.45) is 7.37. The van der Waals surface area contributed by atoms with Crippen molar-refractivity contribution in [3.8, 4) is 5.88 Å². The fourth-order valence-electron chi connectivity index (χ4n) is 4.53. The maximum Gasteiger partial charge on any atom is 0.239 e. The van der Waals surface area contributed by atoms with E-state index in [1.54, 1.807) is 4.68 Å². The number of hydrogen-bond donors (Lipinski definition) is 2. The summed E-state index contributed by atoms with van der Waals surface area (Å²) in [5, 5.41) is 11.4. The van der Waals surface area contributed by atoms with Gasteiger partial charge in [-0.15, -0.1) is 0 Å². The first-order valence-corrected chi connectivity index (χ1v) is 13.8. The van der Waals surface area contributed by atoms with Crippen LogP contribution in [0.1, 0.15) is 72.1 Å². The van der Waals surface area contributed by atoms with Crippen LogP contribution < -0.4 is 20.3 Å². The van der Waals surface area contributed by atoms with Crippen molar-refractivity contribution in [2.75, 3.05) is 37.0 Å². The Morgan fingerprint density at radius 2 is 1.97 bits per heavy atom. The van der Waals surface area contributed by atoms with E-state index in [2.05, 4.69) is 64.4 Å². The van der Waals surface area contributed by atoms with Gasteiger partial charge in [0.15, 0.2) is 5.65 Å². The van der Waals surface area contributed by atoms with Gasteiger partial charge in [0.05, 0.1) is 7.11 Å². The van der Waals surface area contributed by atoms with Gasteiger partial charge >= 0.3 is 0 Å². The molecule has 0 aliphatic carbocycles. The minimum absolute atomic E-state index is 0.0409. The second-order valence-electron chi connectivity index (χ2n) is 9.94. The van der Waals surface area contributed by atoms with Gasteiger partial charge in [-0.3, -0.25) is 14.5 Å². The maximum atomic E-state index is 11.6. The highest BCUT2D eigenvalue weighted by Crippen LogP contribution is 2.27. The molecule has 4 rings (SSSR count). The fraction of sp³-hybridized carbons (Fsp3) is 0.586. The number of carbonyl (C=O) groups excluding carboxylic acids is 1. The second-order valence-corrected chi connectivity index (χ2v) is 9.94. The van der Waals surface area contributed by atoms with E-state index >= 15 is 0 Å². The lowest BCUT2D eigenvalue weighted by Gasteiger charge is -2.41. The molecule has 1 amide bonds.